The SMILES string of the molecule is Nc1ccc2c(c1)CCC2(O)c1cnccc1N. The van der Waals surface area contributed by atoms with E-state index in [1.165, 1.54) is 0 Å². The second-order valence-corrected chi connectivity index (χ2v) is 4.74. The zero-order valence-electron chi connectivity index (χ0n) is 9.93. The van der Waals surface area contributed by atoms with Crippen molar-refractivity contribution in [3.05, 3.63) is 53.3 Å². The molecule has 18 heavy (non-hydrogen) atoms. The molecule has 0 saturated carbocycles. The standard InChI is InChI=1S/C14H15N3O/c15-10-1-2-11-9(7-10)3-5-14(11,18)12-8-17-6-4-13(12)16/h1-2,4,6-8,18H,3,5,15H2,(H2,16,17). The van der Waals surface area contributed by atoms with Gasteiger partial charge in [0.25, 0.3) is 0 Å². The van der Waals surface area contributed by atoms with Crippen molar-refractivity contribution in [1.29, 1.82) is 0 Å². The number of aliphatic hydroxyl groups is 1. The fraction of sp³-hybridized carbons (Fsp3) is 0.214. The summed E-state index contributed by atoms with van der Waals surface area (Å²) in [5, 5.41) is 10.9. The third-order valence-corrected chi connectivity index (χ3v) is 3.63. The average molecular weight is 241 g/mol. The molecule has 4 heteroatoms. The van der Waals surface area contributed by atoms with Crippen molar-refractivity contribution in [2.45, 2.75) is 18.4 Å². The van der Waals surface area contributed by atoms with Crippen LogP contribution in [0.3, 0.4) is 0 Å². The molecule has 1 atom stereocenters. The normalized spacial score (nSPS) is 21.8. The van der Waals surface area contributed by atoms with Crippen molar-refractivity contribution in [2.75, 3.05) is 11.5 Å². The van der Waals surface area contributed by atoms with Gasteiger partial charge in [-0.1, -0.05) is 6.07 Å². The van der Waals surface area contributed by atoms with E-state index >= 15 is 0 Å². The van der Waals surface area contributed by atoms with Gasteiger partial charge in [0.15, 0.2) is 0 Å². The molecule has 0 aliphatic heterocycles. The predicted octanol–water partition coefficient (Wildman–Crippen LogP) is 1.43. The lowest BCUT2D eigenvalue weighted by Gasteiger charge is -2.25. The summed E-state index contributed by atoms with van der Waals surface area (Å²) in [6.07, 6.45) is 4.68. The van der Waals surface area contributed by atoms with Crippen LogP contribution in [0.25, 0.3) is 0 Å². The summed E-state index contributed by atoms with van der Waals surface area (Å²) in [5.74, 6) is 0. The fourth-order valence-electron chi connectivity index (χ4n) is 2.70. The number of anilines is 2. The Kier molecular flexibility index (Phi) is 2.28. The molecule has 1 aliphatic rings. The molecule has 0 amide bonds. The highest BCUT2D eigenvalue weighted by Crippen LogP contribution is 2.44. The molecule has 1 aromatic heterocycles. The summed E-state index contributed by atoms with van der Waals surface area (Å²) in [6.45, 7) is 0. The van der Waals surface area contributed by atoms with Crippen LogP contribution in [0.2, 0.25) is 0 Å². The van der Waals surface area contributed by atoms with Crippen molar-refractivity contribution in [1.82, 2.24) is 4.98 Å². The molecule has 0 fully saturated rings. The van der Waals surface area contributed by atoms with E-state index in [-0.39, 0.29) is 0 Å². The number of benzene rings is 1. The van der Waals surface area contributed by atoms with Crippen LogP contribution in [-0.4, -0.2) is 10.1 Å². The minimum atomic E-state index is -1.04. The maximum absolute atomic E-state index is 10.9. The van der Waals surface area contributed by atoms with E-state index < -0.39 is 5.60 Å². The number of aryl methyl sites for hydroxylation is 1. The van der Waals surface area contributed by atoms with Gasteiger partial charge >= 0.3 is 0 Å². The van der Waals surface area contributed by atoms with Crippen molar-refractivity contribution in [3.8, 4) is 0 Å². The Bertz CT molecular complexity index is 612. The smallest absolute Gasteiger partial charge is 0.119 e. The number of nitrogens with zero attached hydrogens (tertiary/aromatic N) is 1. The van der Waals surface area contributed by atoms with Crippen LogP contribution < -0.4 is 11.5 Å². The number of pyridine rings is 1. The summed E-state index contributed by atoms with van der Waals surface area (Å²) >= 11 is 0. The van der Waals surface area contributed by atoms with Crippen LogP contribution in [0.15, 0.2) is 36.7 Å². The van der Waals surface area contributed by atoms with Gasteiger partial charge in [0.2, 0.25) is 0 Å². The molecule has 4 nitrogen and oxygen atoms in total. The molecular weight excluding hydrogens is 226 g/mol. The first-order chi connectivity index (χ1) is 8.61. The minimum absolute atomic E-state index is 0.567. The number of rotatable bonds is 1. The van der Waals surface area contributed by atoms with E-state index in [1.807, 2.05) is 18.2 Å². The van der Waals surface area contributed by atoms with E-state index in [9.17, 15) is 5.11 Å². The molecule has 2 aromatic rings. The molecule has 0 spiro atoms. The molecule has 0 bridgehead atoms. The first-order valence-electron chi connectivity index (χ1n) is 5.92. The van der Waals surface area contributed by atoms with Crippen LogP contribution in [0.4, 0.5) is 11.4 Å². The monoisotopic (exact) mass is 241 g/mol. The fourth-order valence-corrected chi connectivity index (χ4v) is 2.70. The first-order valence-corrected chi connectivity index (χ1v) is 5.92. The van der Waals surface area contributed by atoms with Crippen molar-refractivity contribution >= 4 is 11.4 Å². The van der Waals surface area contributed by atoms with E-state index in [4.69, 9.17) is 11.5 Å². The van der Waals surface area contributed by atoms with Crippen molar-refractivity contribution in [3.63, 3.8) is 0 Å². The Labute approximate surface area is 105 Å². The lowest BCUT2D eigenvalue weighted by molar-refractivity contribution is 0.0834. The maximum Gasteiger partial charge on any atom is 0.119 e. The largest absolute Gasteiger partial charge is 0.399 e. The van der Waals surface area contributed by atoms with Crippen molar-refractivity contribution < 1.29 is 5.11 Å². The van der Waals surface area contributed by atoms with Gasteiger partial charge in [-0.05, 0) is 42.2 Å². The van der Waals surface area contributed by atoms with Gasteiger partial charge in [-0.25, -0.2) is 0 Å². The molecular formula is C14H15N3O. The number of hydrogen-bond donors (Lipinski definition) is 3. The molecule has 1 aliphatic carbocycles. The number of fused-ring (bicyclic) bond motifs is 1. The highest BCUT2D eigenvalue weighted by Gasteiger charge is 2.39. The lowest BCUT2D eigenvalue weighted by atomic mass is 9.88. The summed E-state index contributed by atoms with van der Waals surface area (Å²) in [7, 11) is 0. The Morgan fingerprint density at radius 3 is 2.78 bits per heavy atom. The topological polar surface area (TPSA) is 85.2 Å². The zero-order valence-corrected chi connectivity index (χ0v) is 9.93. The molecule has 92 valence electrons. The molecule has 1 heterocycles. The zero-order chi connectivity index (χ0) is 12.8. The van der Waals surface area contributed by atoms with Crippen LogP contribution in [0.5, 0.6) is 0 Å². The Hall–Kier alpha value is -2.07. The highest BCUT2D eigenvalue weighted by molar-refractivity contribution is 5.57. The molecule has 0 saturated heterocycles. The average Bonchev–Trinajstić information content (AvgIpc) is 2.68. The van der Waals surface area contributed by atoms with Crippen LogP contribution in [0, 0.1) is 0 Å². The Balaban J connectivity index is 2.18. The molecule has 5 N–H and O–H groups in total. The quantitative estimate of drug-likeness (QED) is 0.659. The second-order valence-electron chi connectivity index (χ2n) is 4.74. The summed E-state index contributed by atoms with van der Waals surface area (Å²) in [4.78, 5) is 4.06. The first kappa shape index (κ1) is 11.0. The molecule has 1 unspecified atom stereocenters. The van der Waals surface area contributed by atoms with E-state index in [1.54, 1.807) is 18.5 Å². The molecule has 0 radical (unpaired) electrons. The van der Waals surface area contributed by atoms with E-state index in [0.29, 0.717) is 17.7 Å². The van der Waals surface area contributed by atoms with Gasteiger partial charge < -0.3 is 16.6 Å². The maximum atomic E-state index is 10.9. The van der Waals surface area contributed by atoms with Crippen LogP contribution >= 0.6 is 0 Å². The van der Waals surface area contributed by atoms with Gasteiger partial charge in [0.1, 0.15) is 5.60 Å². The van der Waals surface area contributed by atoms with Gasteiger partial charge in [0.05, 0.1) is 0 Å². The molecule has 3 rings (SSSR count). The van der Waals surface area contributed by atoms with Crippen molar-refractivity contribution in [2.24, 2.45) is 0 Å². The number of hydrogen-bond acceptors (Lipinski definition) is 4. The second kappa shape index (κ2) is 3.71. The number of aromatic nitrogens is 1. The predicted molar refractivity (Wildman–Crippen MR) is 70.8 cm³/mol. The third kappa shape index (κ3) is 1.46. The van der Waals surface area contributed by atoms with Gasteiger partial charge in [-0.3, -0.25) is 4.98 Å². The Morgan fingerprint density at radius 1 is 1.17 bits per heavy atom. The molecule has 1 aromatic carbocycles. The van der Waals surface area contributed by atoms with E-state index in [2.05, 4.69) is 4.98 Å². The minimum Gasteiger partial charge on any atom is -0.399 e. The van der Waals surface area contributed by atoms with Crippen LogP contribution in [-0.2, 0) is 12.0 Å². The summed E-state index contributed by atoms with van der Waals surface area (Å²) in [6, 6.07) is 7.31. The summed E-state index contributed by atoms with van der Waals surface area (Å²) < 4.78 is 0. The third-order valence-electron chi connectivity index (χ3n) is 3.63. The van der Waals surface area contributed by atoms with Gasteiger partial charge in [-0.2, -0.15) is 0 Å². The van der Waals surface area contributed by atoms with Gasteiger partial charge in [0, 0.05) is 29.3 Å². The summed E-state index contributed by atoms with van der Waals surface area (Å²) in [5.41, 5.74) is 14.6. The Morgan fingerprint density at radius 2 is 2.00 bits per heavy atom. The van der Waals surface area contributed by atoms with Crippen LogP contribution in [0.1, 0.15) is 23.1 Å². The highest BCUT2D eigenvalue weighted by atomic mass is 16.3. The lowest BCUT2D eigenvalue weighted by Crippen LogP contribution is -2.25. The van der Waals surface area contributed by atoms with E-state index in [0.717, 1.165) is 23.2 Å². The number of nitrogen functional groups attached to an aromatic ring is 2. The number of nitrogens with two attached hydrogens (primary N) is 2. The van der Waals surface area contributed by atoms with Gasteiger partial charge in [-0.15, -0.1) is 0 Å².